The molecule has 2 saturated heterocycles. The molecule has 1 aliphatic carbocycles. The van der Waals surface area contributed by atoms with E-state index in [1.165, 1.54) is 24.8 Å². The van der Waals surface area contributed by atoms with E-state index in [1.54, 1.807) is 0 Å². The topological polar surface area (TPSA) is 36.9 Å². The molecule has 0 bridgehead atoms. The number of nitrogens with one attached hydrogen (secondary N) is 1. The van der Waals surface area contributed by atoms with Gasteiger partial charge in [-0.15, -0.1) is 0 Å². The molecule has 0 radical (unpaired) electrons. The Morgan fingerprint density at radius 1 is 1.24 bits per heavy atom. The molecular formula is C21H31N3O. The van der Waals surface area contributed by atoms with E-state index in [9.17, 15) is 0 Å². The van der Waals surface area contributed by atoms with Crippen molar-refractivity contribution >= 4 is 5.96 Å². The van der Waals surface area contributed by atoms with Crippen molar-refractivity contribution in [2.24, 2.45) is 16.3 Å². The molecule has 3 aliphatic rings. The number of likely N-dealkylation sites (tertiary alicyclic amines) is 1. The molecule has 3 fully saturated rings. The van der Waals surface area contributed by atoms with E-state index in [-0.39, 0.29) is 5.41 Å². The number of aliphatic imine (C=N–C) groups is 1. The number of guanidine groups is 1. The third-order valence-corrected chi connectivity index (χ3v) is 6.59. The van der Waals surface area contributed by atoms with Gasteiger partial charge in [-0.2, -0.15) is 0 Å². The van der Waals surface area contributed by atoms with Crippen LogP contribution in [0.2, 0.25) is 0 Å². The van der Waals surface area contributed by atoms with Gasteiger partial charge in [0.1, 0.15) is 0 Å². The fourth-order valence-electron chi connectivity index (χ4n) is 5.20. The Balaban J connectivity index is 1.42. The average Bonchev–Trinajstić information content (AvgIpc) is 3.13. The van der Waals surface area contributed by atoms with Crippen LogP contribution in [0.1, 0.15) is 44.6 Å². The summed E-state index contributed by atoms with van der Waals surface area (Å²) in [6.07, 6.45) is 4.07. The molecule has 2 heterocycles. The van der Waals surface area contributed by atoms with Crippen LogP contribution >= 0.6 is 0 Å². The van der Waals surface area contributed by atoms with E-state index < -0.39 is 0 Å². The maximum atomic E-state index is 6.04. The highest BCUT2D eigenvalue weighted by Crippen LogP contribution is 2.51. The minimum absolute atomic E-state index is 0.180. The number of nitrogens with zero attached hydrogens (tertiary/aromatic N) is 2. The quantitative estimate of drug-likeness (QED) is 0.663. The van der Waals surface area contributed by atoms with Crippen molar-refractivity contribution in [3.05, 3.63) is 35.9 Å². The number of rotatable bonds is 2. The standard InChI is InChI=1S/C21H31N3O/c1-21(2)18(17-10-7-13-25-19(17)21)23-20(22-3)24-12-11-16(14-24)15-8-5-4-6-9-15/h4-6,8-9,16-19H,7,10-14H2,1-3H3,(H,22,23). The Labute approximate surface area is 151 Å². The van der Waals surface area contributed by atoms with E-state index in [1.807, 2.05) is 7.05 Å². The van der Waals surface area contributed by atoms with Crippen molar-refractivity contribution in [3.8, 4) is 0 Å². The van der Waals surface area contributed by atoms with Crippen LogP contribution in [-0.2, 0) is 4.74 Å². The number of ether oxygens (including phenoxy) is 1. The molecule has 1 saturated carbocycles. The average molecular weight is 341 g/mol. The molecule has 1 N–H and O–H groups in total. The van der Waals surface area contributed by atoms with E-state index in [4.69, 9.17) is 4.74 Å². The second kappa shape index (κ2) is 6.64. The first-order chi connectivity index (χ1) is 12.1. The summed E-state index contributed by atoms with van der Waals surface area (Å²) in [5.41, 5.74) is 1.63. The lowest BCUT2D eigenvalue weighted by atomic mass is 9.55. The second-order valence-electron chi connectivity index (χ2n) is 8.43. The third kappa shape index (κ3) is 2.95. The fourth-order valence-corrected chi connectivity index (χ4v) is 5.20. The van der Waals surface area contributed by atoms with Crippen LogP contribution in [0.4, 0.5) is 0 Å². The van der Waals surface area contributed by atoms with Gasteiger partial charge in [0.15, 0.2) is 5.96 Å². The van der Waals surface area contributed by atoms with Gasteiger partial charge in [-0.25, -0.2) is 0 Å². The van der Waals surface area contributed by atoms with Crippen molar-refractivity contribution in [3.63, 3.8) is 0 Å². The van der Waals surface area contributed by atoms with Crippen molar-refractivity contribution in [1.29, 1.82) is 0 Å². The zero-order chi connectivity index (χ0) is 17.4. The molecule has 4 rings (SSSR count). The van der Waals surface area contributed by atoms with Gasteiger partial charge in [0.25, 0.3) is 0 Å². The highest BCUT2D eigenvalue weighted by Gasteiger charge is 2.58. The summed E-state index contributed by atoms with van der Waals surface area (Å²) in [5.74, 6) is 2.31. The number of hydrogen-bond acceptors (Lipinski definition) is 2. The van der Waals surface area contributed by atoms with Crippen LogP contribution in [0.25, 0.3) is 0 Å². The van der Waals surface area contributed by atoms with Crippen molar-refractivity contribution in [1.82, 2.24) is 10.2 Å². The summed E-state index contributed by atoms with van der Waals surface area (Å²) in [6, 6.07) is 11.4. The second-order valence-corrected chi connectivity index (χ2v) is 8.43. The third-order valence-electron chi connectivity index (χ3n) is 6.59. The molecule has 4 heteroatoms. The molecule has 0 amide bonds. The summed E-state index contributed by atoms with van der Waals surface area (Å²) in [4.78, 5) is 7.05. The molecule has 0 aromatic heterocycles. The first-order valence-corrected chi connectivity index (χ1v) is 9.76. The van der Waals surface area contributed by atoms with Crippen molar-refractivity contribution in [2.75, 3.05) is 26.7 Å². The Bertz CT molecular complexity index is 627. The van der Waals surface area contributed by atoms with Gasteiger partial charge in [0.2, 0.25) is 0 Å². The molecule has 1 aromatic carbocycles. The lowest BCUT2D eigenvalue weighted by Gasteiger charge is -2.60. The van der Waals surface area contributed by atoms with E-state index in [0.717, 1.165) is 25.7 Å². The van der Waals surface area contributed by atoms with Crippen molar-refractivity contribution < 1.29 is 4.74 Å². The normalized spacial score (nSPS) is 34.4. The van der Waals surface area contributed by atoms with Crippen LogP contribution in [0.5, 0.6) is 0 Å². The fraction of sp³-hybridized carbons (Fsp3) is 0.667. The SMILES string of the molecule is CN=C(NC1C2CCCOC2C1(C)C)N1CCC(c2ccccc2)C1. The lowest BCUT2D eigenvalue weighted by molar-refractivity contribution is -0.188. The van der Waals surface area contributed by atoms with Gasteiger partial charge in [0, 0.05) is 50.0 Å². The monoisotopic (exact) mass is 341 g/mol. The van der Waals surface area contributed by atoms with Gasteiger partial charge in [-0.05, 0) is 24.8 Å². The van der Waals surface area contributed by atoms with Crippen LogP contribution in [0, 0.1) is 11.3 Å². The minimum atomic E-state index is 0.180. The largest absolute Gasteiger partial charge is 0.377 e. The van der Waals surface area contributed by atoms with Crippen LogP contribution < -0.4 is 5.32 Å². The summed E-state index contributed by atoms with van der Waals surface area (Å²) in [6.45, 7) is 7.73. The van der Waals surface area contributed by atoms with Crippen LogP contribution in [0.3, 0.4) is 0 Å². The van der Waals surface area contributed by atoms with Gasteiger partial charge >= 0.3 is 0 Å². The van der Waals surface area contributed by atoms with E-state index >= 15 is 0 Å². The highest BCUT2D eigenvalue weighted by molar-refractivity contribution is 5.81. The molecule has 4 nitrogen and oxygen atoms in total. The Hall–Kier alpha value is -1.55. The summed E-state index contributed by atoms with van der Waals surface area (Å²) in [5, 5.41) is 3.80. The van der Waals surface area contributed by atoms with Gasteiger partial charge in [0.05, 0.1) is 6.10 Å². The van der Waals surface area contributed by atoms with Crippen LogP contribution in [0.15, 0.2) is 35.3 Å². The Morgan fingerprint density at radius 3 is 2.80 bits per heavy atom. The zero-order valence-electron chi connectivity index (χ0n) is 15.7. The maximum absolute atomic E-state index is 6.04. The Kier molecular flexibility index (Phi) is 4.48. The lowest BCUT2D eigenvalue weighted by Crippen LogP contribution is -2.71. The zero-order valence-corrected chi connectivity index (χ0v) is 15.7. The predicted octanol–water partition coefficient (Wildman–Crippen LogP) is 3.25. The predicted molar refractivity (Wildman–Crippen MR) is 102 cm³/mol. The van der Waals surface area contributed by atoms with Gasteiger partial charge in [-0.1, -0.05) is 44.2 Å². The summed E-state index contributed by atoms with van der Waals surface area (Å²) in [7, 11) is 1.92. The first-order valence-electron chi connectivity index (χ1n) is 9.76. The van der Waals surface area contributed by atoms with Gasteiger partial charge in [-0.3, -0.25) is 4.99 Å². The molecule has 2 aliphatic heterocycles. The maximum Gasteiger partial charge on any atom is 0.193 e. The smallest absolute Gasteiger partial charge is 0.193 e. The van der Waals surface area contributed by atoms with Crippen molar-refractivity contribution in [2.45, 2.75) is 51.2 Å². The first kappa shape index (κ1) is 16.9. The summed E-state index contributed by atoms with van der Waals surface area (Å²) >= 11 is 0. The molecular weight excluding hydrogens is 310 g/mol. The number of benzene rings is 1. The van der Waals surface area contributed by atoms with Gasteiger partial charge < -0.3 is 15.0 Å². The minimum Gasteiger partial charge on any atom is -0.377 e. The Morgan fingerprint density at radius 2 is 2.04 bits per heavy atom. The van der Waals surface area contributed by atoms with E-state index in [0.29, 0.717) is 24.0 Å². The molecule has 4 unspecified atom stereocenters. The number of fused-ring (bicyclic) bond motifs is 1. The molecule has 1 aromatic rings. The molecule has 0 spiro atoms. The molecule has 136 valence electrons. The highest BCUT2D eigenvalue weighted by atomic mass is 16.5. The van der Waals surface area contributed by atoms with E-state index in [2.05, 4.69) is 59.4 Å². The number of hydrogen-bond donors (Lipinski definition) is 1. The molecule has 25 heavy (non-hydrogen) atoms. The summed E-state index contributed by atoms with van der Waals surface area (Å²) < 4.78 is 6.04. The van der Waals surface area contributed by atoms with Crippen LogP contribution in [-0.4, -0.2) is 49.7 Å². The molecule has 4 atom stereocenters.